The smallest absolute Gasteiger partial charge is 0.289 e. The first-order chi connectivity index (χ1) is 7.03. The minimum Gasteiger partial charge on any atom is -0.445 e. The zero-order chi connectivity index (χ0) is 11.3. The zero-order valence-corrected chi connectivity index (χ0v) is 8.30. The Balaban J connectivity index is 2.60. The first kappa shape index (κ1) is 11.5. The van der Waals surface area contributed by atoms with Crippen molar-refractivity contribution < 1.29 is 19.7 Å². The van der Waals surface area contributed by atoms with Crippen molar-refractivity contribution in [3.05, 3.63) is 30.3 Å². The molecule has 5 nitrogen and oxygen atoms in total. The molecule has 0 aliphatic rings. The molecule has 0 aliphatic carbocycles. The maximum absolute atomic E-state index is 10.8. The van der Waals surface area contributed by atoms with Crippen LogP contribution in [-0.2, 0) is 4.79 Å². The lowest BCUT2D eigenvalue weighted by atomic mass is 10.3. The van der Waals surface area contributed by atoms with Gasteiger partial charge in [0, 0.05) is 6.92 Å². The van der Waals surface area contributed by atoms with Crippen LogP contribution in [0, 0.1) is 0 Å². The van der Waals surface area contributed by atoms with E-state index >= 15 is 0 Å². The van der Waals surface area contributed by atoms with E-state index in [1.165, 1.54) is 6.92 Å². The van der Waals surface area contributed by atoms with E-state index in [2.05, 4.69) is 5.32 Å². The number of ether oxygens (including phenoxy) is 1. The number of amides is 1. The lowest BCUT2D eigenvalue weighted by molar-refractivity contribution is -0.164. The summed E-state index contributed by atoms with van der Waals surface area (Å²) in [5.41, 5.74) is 0. The number of carbonyl (C=O) groups is 1. The van der Waals surface area contributed by atoms with Crippen LogP contribution in [0.5, 0.6) is 5.75 Å². The zero-order valence-electron chi connectivity index (χ0n) is 8.30. The van der Waals surface area contributed by atoms with E-state index < -0.39 is 18.4 Å². The lowest BCUT2D eigenvalue weighted by Crippen LogP contribution is -2.51. The molecule has 0 heterocycles. The van der Waals surface area contributed by atoms with E-state index in [1.807, 2.05) is 0 Å². The summed E-state index contributed by atoms with van der Waals surface area (Å²) >= 11 is 0. The van der Waals surface area contributed by atoms with Crippen LogP contribution in [0.1, 0.15) is 6.92 Å². The normalized spacial score (nSPS) is 14.1. The summed E-state index contributed by atoms with van der Waals surface area (Å²) in [6, 6.07) is 8.55. The average molecular weight is 211 g/mol. The predicted octanol–water partition coefficient (Wildman–Crippen LogP) is -0.160. The highest BCUT2D eigenvalue weighted by Gasteiger charge is 2.24. The van der Waals surface area contributed by atoms with Crippen molar-refractivity contribution >= 4 is 5.91 Å². The van der Waals surface area contributed by atoms with Gasteiger partial charge in [0.15, 0.2) is 0 Å². The van der Waals surface area contributed by atoms with Gasteiger partial charge in [-0.15, -0.1) is 0 Å². The van der Waals surface area contributed by atoms with Crippen molar-refractivity contribution in [2.75, 3.05) is 6.61 Å². The molecule has 82 valence electrons. The first-order valence-corrected chi connectivity index (χ1v) is 4.42. The fraction of sp³-hybridized carbons (Fsp3) is 0.300. The second kappa shape index (κ2) is 4.77. The number of benzene rings is 1. The van der Waals surface area contributed by atoms with Gasteiger partial charge in [-0.05, 0) is 12.1 Å². The number of aliphatic hydroxyl groups excluding tert-OH is 1. The Bertz CT molecular complexity index is 323. The molecule has 0 spiro atoms. The summed E-state index contributed by atoms with van der Waals surface area (Å²) < 4.78 is 5.09. The molecule has 1 rings (SSSR count). The van der Waals surface area contributed by atoms with Gasteiger partial charge in [-0.2, -0.15) is 0 Å². The van der Waals surface area contributed by atoms with Gasteiger partial charge in [0.2, 0.25) is 0 Å². The highest BCUT2D eigenvalue weighted by atomic mass is 16.6. The molecular formula is C10H13NO4. The highest BCUT2D eigenvalue weighted by molar-refractivity contribution is 5.77. The monoisotopic (exact) mass is 211 g/mol. The van der Waals surface area contributed by atoms with Crippen molar-refractivity contribution in [1.82, 2.24) is 5.32 Å². The van der Waals surface area contributed by atoms with Crippen molar-refractivity contribution in [3.8, 4) is 5.75 Å². The van der Waals surface area contributed by atoms with E-state index in [1.54, 1.807) is 30.3 Å². The van der Waals surface area contributed by atoms with Gasteiger partial charge < -0.3 is 14.9 Å². The van der Waals surface area contributed by atoms with Gasteiger partial charge in [0.1, 0.15) is 12.4 Å². The van der Waals surface area contributed by atoms with Crippen LogP contribution in [-0.4, -0.2) is 28.6 Å². The number of rotatable bonds is 4. The third kappa shape index (κ3) is 3.97. The Hall–Kier alpha value is -1.59. The number of hydrogen-bond acceptors (Lipinski definition) is 4. The van der Waals surface area contributed by atoms with Crippen molar-refractivity contribution in [3.63, 3.8) is 0 Å². The van der Waals surface area contributed by atoms with E-state index in [-0.39, 0.29) is 0 Å². The Kier molecular flexibility index (Phi) is 3.65. The molecule has 1 amide bonds. The van der Waals surface area contributed by atoms with Gasteiger partial charge >= 0.3 is 0 Å². The van der Waals surface area contributed by atoms with Gasteiger partial charge in [-0.1, -0.05) is 18.2 Å². The Morgan fingerprint density at radius 3 is 2.60 bits per heavy atom. The standard InChI is InChI=1S/C10H13NO4/c1-10(14,11-9(13)7-12)15-8-5-3-2-4-6-8/h2-6,12,14H,7H2,1H3,(H,11,13). The molecule has 15 heavy (non-hydrogen) atoms. The molecule has 1 aromatic rings. The van der Waals surface area contributed by atoms with Gasteiger partial charge in [0.05, 0.1) is 0 Å². The van der Waals surface area contributed by atoms with Crippen LogP contribution in [0.4, 0.5) is 0 Å². The molecule has 0 saturated carbocycles. The topological polar surface area (TPSA) is 78.8 Å². The van der Waals surface area contributed by atoms with Gasteiger partial charge in [-0.25, -0.2) is 0 Å². The minimum absolute atomic E-state index is 0.417. The van der Waals surface area contributed by atoms with E-state index in [0.29, 0.717) is 5.75 Å². The van der Waals surface area contributed by atoms with Gasteiger partial charge in [0.25, 0.3) is 11.8 Å². The lowest BCUT2D eigenvalue weighted by Gasteiger charge is -2.25. The first-order valence-electron chi connectivity index (χ1n) is 4.42. The number of hydrogen-bond donors (Lipinski definition) is 3. The molecule has 0 fully saturated rings. The molecule has 1 aromatic carbocycles. The van der Waals surface area contributed by atoms with Crippen molar-refractivity contribution in [2.45, 2.75) is 12.8 Å². The van der Waals surface area contributed by atoms with Crippen LogP contribution < -0.4 is 10.1 Å². The van der Waals surface area contributed by atoms with Crippen molar-refractivity contribution in [1.29, 1.82) is 0 Å². The van der Waals surface area contributed by atoms with Crippen LogP contribution in [0.15, 0.2) is 30.3 Å². The maximum atomic E-state index is 10.8. The summed E-state index contributed by atoms with van der Waals surface area (Å²) in [6.45, 7) is 0.571. The number of nitrogens with one attached hydrogen (secondary N) is 1. The molecule has 3 N–H and O–H groups in total. The number of aliphatic hydroxyl groups is 2. The number of para-hydroxylation sites is 1. The molecule has 0 bridgehead atoms. The molecular weight excluding hydrogens is 198 g/mol. The molecule has 1 unspecified atom stereocenters. The molecule has 1 atom stereocenters. The summed E-state index contributed by atoms with van der Waals surface area (Å²) in [6.07, 6.45) is 0. The summed E-state index contributed by atoms with van der Waals surface area (Å²) in [5.74, 6) is -2.13. The largest absolute Gasteiger partial charge is 0.445 e. The molecule has 0 radical (unpaired) electrons. The molecule has 0 saturated heterocycles. The van der Waals surface area contributed by atoms with Crippen LogP contribution in [0.3, 0.4) is 0 Å². The Morgan fingerprint density at radius 2 is 2.07 bits per heavy atom. The second-order valence-corrected chi connectivity index (χ2v) is 3.10. The predicted molar refractivity (Wildman–Crippen MR) is 52.9 cm³/mol. The molecule has 0 aliphatic heterocycles. The number of carbonyl (C=O) groups excluding carboxylic acids is 1. The third-order valence-corrected chi connectivity index (χ3v) is 1.57. The van der Waals surface area contributed by atoms with E-state index in [0.717, 1.165) is 0 Å². The second-order valence-electron chi connectivity index (χ2n) is 3.10. The Labute approximate surface area is 87.3 Å². The minimum atomic E-state index is -1.83. The summed E-state index contributed by atoms with van der Waals surface area (Å²) in [5, 5.41) is 20.2. The van der Waals surface area contributed by atoms with E-state index in [9.17, 15) is 9.90 Å². The maximum Gasteiger partial charge on any atom is 0.289 e. The summed E-state index contributed by atoms with van der Waals surface area (Å²) in [7, 11) is 0. The highest BCUT2D eigenvalue weighted by Crippen LogP contribution is 2.13. The van der Waals surface area contributed by atoms with E-state index in [4.69, 9.17) is 9.84 Å². The quantitative estimate of drug-likeness (QED) is 0.605. The van der Waals surface area contributed by atoms with Gasteiger partial charge in [-0.3, -0.25) is 10.1 Å². The van der Waals surface area contributed by atoms with Crippen LogP contribution >= 0.6 is 0 Å². The SMILES string of the molecule is CC(O)(NC(=O)CO)Oc1ccccc1. The average Bonchev–Trinajstić information content (AvgIpc) is 2.17. The fourth-order valence-corrected chi connectivity index (χ4v) is 1.04. The molecule has 5 heteroatoms. The Morgan fingerprint density at radius 1 is 1.47 bits per heavy atom. The molecule has 0 aromatic heterocycles. The summed E-state index contributed by atoms with van der Waals surface area (Å²) in [4.78, 5) is 10.8. The fourth-order valence-electron chi connectivity index (χ4n) is 1.04. The van der Waals surface area contributed by atoms with Crippen LogP contribution in [0.2, 0.25) is 0 Å². The van der Waals surface area contributed by atoms with Crippen molar-refractivity contribution in [2.24, 2.45) is 0 Å². The third-order valence-electron chi connectivity index (χ3n) is 1.57. The van der Waals surface area contributed by atoms with Crippen LogP contribution in [0.25, 0.3) is 0 Å².